The van der Waals surface area contributed by atoms with Crippen LogP contribution in [0.1, 0.15) is 29.7 Å². The van der Waals surface area contributed by atoms with Gasteiger partial charge in [-0.3, -0.25) is 4.90 Å². The Bertz CT molecular complexity index is 1030. The lowest BCUT2D eigenvalue weighted by molar-refractivity contribution is -0.137. The van der Waals surface area contributed by atoms with Gasteiger partial charge in [-0.25, -0.2) is 9.37 Å². The lowest BCUT2D eigenvalue weighted by atomic mass is 10.0. The average Bonchev–Trinajstić information content (AvgIpc) is 3.03. The molecule has 1 fully saturated rings. The molecule has 3 aromatic rings. The fourth-order valence-electron chi connectivity index (χ4n) is 3.71. The molecule has 2 atom stereocenters. The molecular formula is C21H21F4N3O. The van der Waals surface area contributed by atoms with Crippen LogP contribution in [0.3, 0.4) is 0 Å². The molecule has 1 saturated heterocycles. The highest BCUT2D eigenvalue weighted by Gasteiger charge is 2.32. The maximum atomic E-state index is 13.8. The number of ether oxygens (including phenoxy) is 1. The highest BCUT2D eigenvalue weighted by Crippen LogP contribution is 2.32. The third-order valence-electron chi connectivity index (χ3n) is 5.35. The zero-order valence-electron chi connectivity index (χ0n) is 16.1. The predicted molar refractivity (Wildman–Crippen MR) is 101 cm³/mol. The van der Waals surface area contributed by atoms with Crippen molar-refractivity contribution in [2.24, 2.45) is 7.05 Å². The van der Waals surface area contributed by atoms with Gasteiger partial charge in [-0.1, -0.05) is 6.07 Å². The minimum atomic E-state index is -4.57. The Hall–Kier alpha value is -2.45. The summed E-state index contributed by atoms with van der Waals surface area (Å²) in [6.45, 7) is 3.11. The van der Waals surface area contributed by atoms with Gasteiger partial charge in [0.15, 0.2) is 0 Å². The largest absolute Gasteiger partial charge is 0.416 e. The van der Waals surface area contributed by atoms with Crippen molar-refractivity contribution >= 4 is 11.0 Å². The Balaban J connectivity index is 1.56. The summed E-state index contributed by atoms with van der Waals surface area (Å²) in [5.74, 6) is -0.881. The topological polar surface area (TPSA) is 30.3 Å². The van der Waals surface area contributed by atoms with Crippen LogP contribution in [0.2, 0.25) is 0 Å². The zero-order valence-corrected chi connectivity index (χ0v) is 16.1. The molecule has 0 N–H and O–H groups in total. The molecule has 8 heteroatoms. The van der Waals surface area contributed by atoms with Gasteiger partial charge in [0.2, 0.25) is 0 Å². The van der Waals surface area contributed by atoms with Gasteiger partial charge in [0.25, 0.3) is 0 Å². The monoisotopic (exact) mass is 407 g/mol. The summed E-state index contributed by atoms with van der Waals surface area (Å²) < 4.78 is 60.7. The summed E-state index contributed by atoms with van der Waals surface area (Å²) in [4.78, 5) is 6.33. The van der Waals surface area contributed by atoms with E-state index in [0.29, 0.717) is 24.8 Å². The fraction of sp³-hybridized carbons (Fsp3) is 0.381. The second-order valence-corrected chi connectivity index (χ2v) is 7.55. The molecule has 1 aromatic heterocycles. The predicted octanol–water partition coefficient (Wildman–Crippen LogP) is 4.69. The van der Waals surface area contributed by atoms with Gasteiger partial charge in [0.05, 0.1) is 35.6 Å². The van der Waals surface area contributed by atoms with Gasteiger partial charge in [-0.15, -0.1) is 0 Å². The number of alkyl halides is 3. The molecule has 0 radical (unpaired) electrons. The van der Waals surface area contributed by atoms with E-state index in [9.17, 15) is 17.6 Å². The number of imidazole rings is 1. The normalized spacial score (nSPS) is 21.0. The molecule has 0 amide bonds. The van der Waals surface area contributed by atoms with E-state index >= 15 is 0 Å². The van der Waals surface area contributed by atoms with E-state index < -0.39 is 17.6 Å². The van der Waals surface area contributed by atoms with Crippen molar-refractivity contribution in [1.82, 2.24) is 14.5 Å². The number of aromatic nitrogens is 2. The standard InChI is InChI=1S/C21H21F4N3O/c1-13-11-29-20(15-3-4-18-19(7-15)27(2)12-26-18)10-28(13)9-14-5-16(21(23,24)25)8-17(22)6-14/h3-8,12-13,20H,9-11H2,1-2H3/t13-,20+/m0/s1. The van der Waals surface area contributed by atoms with Gasteiger partial charge in [0.1, 0.15) is 5.82 Å². The number of aryl methyl sites for hydroxylation is 1. The van der Waals surface area contributed by atoms with Crippen LogP contribution in [-0.4, -0.2) is 33.6 Å². The van der Waals surface area contributed by atoms with Crippen LogP contribution in [0.25, 0.3) is 11.0 Å². The molecular weight excluding hydrogens is 386 g/mol. The first kappa shape index (κ1) is 19.8. The van der Waals surface area contributed by atoms with Gasteiger partial charge < -0.3 is 9.30 Å². The molecule has 1 aliphatic heterocycles. The Morgan fingerprint density at radius 2 is 1.97 bits per heavy atom. The highest BCUT2D eigenvalue weighted by atomic mass is 19.4. The van der Waals surface area contributed by atoms with E-state index in [0.717, 1.165) is 28.7 Å². The molecule has 4 rings (SSSR count). The van der Waals surface area contributed by atoms with Crippen LogP contribution in [0, 0.1) is 5.82 Å². The van der Waals surface area contributed by atoms with E-state index in [4.69, 9.17) is 4.74 Å². The first-order valence-electron chi connectivity index (χ1n) is 9.34. The van der Waals surface area contributed by atoms with E-state index in [2.05, 4.69) is 4.98 Å². The summed E-state index contributed by atoms with van der Waals surface area (Å²) in [6.07, 6.45) is -3.05. The fourth-order valence-corrected chi connectivity index (χ4v) is 3.71. The quantitative estimate of drug-likeness (QED) is 0.590. The molecule has 2 aromatic carbocycles. The maximum absolute atomic E-state index is 13.8. The van der Waals surface area contributed by atoms with Crippen molar-refractivity contribution < 1.29 is 22.3 Å². The third-order valence-corrected chi connectivity index (χ3v) is 5.35. The van der Waals surface area contributed by atoms with Gasteiger partial charge in [-0.2, -0.15) is 13.2 Å². The minimum Gasteiger partial charge on any atom is -0.371 e. The molecule has 0 unspecified atom stereocenters. The summed E-state index contributed by atoms with van der Waals surface area (Å²) >= 11 is 0. The molecule has 0 saturated carbocycles. The first-order chi connectivity index (χ1) is 13.7. The summed E-state index contributed by atoms with van der Waals surface area (Å²) in [7, 11) is 1.91. The van der Waals surface area contributed by atoms with E-state index in [-0.39, 0.29) is 18.7 Å². The summed E-state index contributed by atoms with van der Waals surface area (Å²) in [5.41, 5.74) is 2.18. The first-order valence-corrected chi connectivity index (χ1v) is 9.34. The number of hydrogen-bond acceptors (Lipinski definition) is 3. The molecule has 154 valence electrons. The van der Waals surface area contributed by atoms with Crippen LogP contribution >= 0.6 is 0 Å². The zero-order chi connectivity index (χ0) is 20.8. The number of rotatable bonds is 3. The van der Waals surface area contributed by atoms with E-state index in [1.54, 1.807) is 6.33 Å². The van der Waals surface area contributed by atoms with Gasteiger partial charge in [0, 0.05) is 26.2 Å². The smallest absolute Gasteiger partial charge is 0.371 e. The third kappa shape index (κ3) is 4.13. The van der Waals surface area contributed by atoms with Crippen LogP contribution in [-0.2, 0) is 24.5 Å². The maximum Gasteiger partial charge on any atom is 0.416 e. The number of benzene rings is 2. The Morgan fingerprint density at radius 3 is 2.72 bits per heavy atom. The average molecular weight is 407 g/mol. The van der Waals surface area contributed by atoms with E-state index in [1.165, 1.54) is 0 Å². The molecule has 0 bridgehead atoms. The lowest BCUT2D eigenvalue weighted by Gasteiger charge is -2.38. The lowest BCUT2D eigenvalue weighted by Crippen LogP contribution is -2.44. The van der Waals surface area contributed by atoms with E-state index in [1.807, 2.05) is 41.6 Å². The second-order valence-electron chi connectivity index (χ2n) is 7.55. The van der Waals surface area contributed by atoms with Gasteiger partial charge in [-0.05, 0) is 48.4 Å². The van der Waals surface area contributed by atoms with Crippen molar-refractivity contribution in [3.8, 4) is 0 Å². The van der Waals surface area contributed by atoms with Crippen molar-refractivity contribution in [2.75, 3.05) is 13.2 Å². The van der Waals surface area contributed by atoms with Crippen molar-refractivity contribution in [3.63, 3.8) is 0 Å². The SMILES string of the molecule is C[C@H]1CO[C@@H](c2ccc3ncn(C)c3c2)CN1Cc1cc(F)cc(C(F)(F)F)c1. The number of nitrogens with zero attached hydrogens (tertiary/aromatic N) is 3. The molecule has 4 nitrogen and oxygen atoms in total. The Kier molecular flexibility index (Phi) is 5.08. The number of halogens is 4. The molecule has 29 heavy (non-hydrogen) atoms. The molecule has 0 aliphatic carbocycles. The highest BCUT2D eigenvalue weighted by molar-refractivity contribution is 5.76. The van der Waals surface area contributed by atoms with Crippen LogP contribution in [0.5, 0.6) is 0 Å². The number of morpholine rings is 1. The summed E-state index contributed by atoms with van der Waals surface area (Å²) in [5, 5.41) is 0. The summed E-state index contributed by atoms with van der Waals surface area (Å²) in [6, 6.07) is 8.61. The van der Waals surface area contributed by atoms with Crippen LogP contribution in [0.15, 0.2) is 42.7 Å². The minimum absolute atomic E-state index is 0.00397. The number of fused-ring (bicyclic) bond motifs is 1. The molecule has 1 aliphatic rings. The molecule has 0 spiro atoms. The van der Waals surface area contributed by atoms with Crippen molar-refractivity contribution in [3.05, 3.63) is 65.2 Å². The molecule has 2 heterocycles. The van der Waals surface area contributed by atoms with Gasteiger partial charge >= 0.3 is 6.18 Å². The van der Waals surface area contributed by atoms with Crippen molar-refractivity contribution in [2.45, 2.75) is 31.8 Å². The Morgan fingerprint density at radius 1 is 1.17 bits per heavy atom. The van der Waals surface area contributed by atoms with Crippen LogP contribution < -0.4 is 0 Å². The van der Waals surface area contributed by atoms with Crippen molar-refractivity contribution in [1.29, 1.82) is 0 Å². The number of hydrogen-bond donors (Lipinski definition) is 0. The Labute approximate surface area is 165 Å². The second kappa shape index (κ2) is 7.42. The van der Waals surface area contributed by atoms with Crippen LogP contribution in [0.4, 0.5) is 17.6 Å².